The van der Waals surface area contributed by atoms with Crippen LogP contribution in [0.25, 0.3) is 0 Å². The topological polar surface area (TPSA) is 130 Å². The molecule has 1 spiro atoms. The number of ether oxygens (including phenoxy) is 3. The number of hydrogen-bond acceptors (Lipinski definition) is 8. The number of carbonyl (C=O) groups excluding carboxylic acids is 2. The fourth-order valence-corrected chi connectivity index (χ4v) is 6.30. The molecule has 10 nitrogen and oxygen atoms in total. The van der Waals surface area contributed by atoms with E-state index in [1.165, 1.54) is 0 Å². The van der Waals surface area contributed by atoms with E-state index < -0.39 is 35.9 Å². The second-order valence-corrected chi connectivity index (χ2v) is 10.8. The molecule has 5 aliphatic rings. The Labute approximate surface area is 206 Å². The molecular weight excluding hydrogens is 458 g/mol. The van der Waals surface area contributed by atoms with Crippen LogP contribution in [0.2, 0.25) is 0 Å². The highest BCUT2D eigenvalue weighted by molar-refractivity contribution is 5.81. The van der Waals surface area contributed by atoms with Gasteiger partial charge in [0, 0.05) is 37.6 Å². The molecule has 4 saturated heterocycles. The Bertz CT molecular complexity index is 806. The largest absolute Gasteiger partial charge is 0.481 e. The minimum Gasteiger partial charge on any atom is -0.481 e. The van der Waals surface area contributed by atoms with Crippen molar-refractivity contribution in [3.63, 3.8) is 0 Å². The summed E-state index contributed by atoms with van der Waals surface area (Å²) >= 11 is 0. The monoisotopic (exact) mass is 497 g/mol. The third-order valence-corrected chi connectivity index (χ3v) is 8.29. The Morgan fingerprint density at radius 2 is 1.80 bits per heavy atom. The highest BCUT2D eigenvalue weighted by Gasteiger charge is 2.69. The number of amides is 1. The summed E-state index contributed by atoms with van der Waals surface area (Å²) < 4.78 is 18.2. The van der Waals surface area contributed by atoms with Gasteiger partial charge in [0.05, 0.1) is 6.42 Å². The Morgan fingerprint density at radius 3 is 2.57 bits per heavy atom. The molecule has 0 aromatic carbocycles. The number of carboxylic acid groups (broad SMARTS) is 1. The Balaban J connectivity index is 1.28. The predicted molar refractivity (Wildman–Crippen MR) is 121 cm³/mol. The molecule has 0 aromatic rings. The Kier molecular flexibility index (Phi) is 8.05. The standard InChI is InChI=1S/C25H39NO9/c1-15-8-9-18-16(2)22(32-23-25(18)17(15)12-13-24(3,33-23)34-35-25)31-21(30)11-10-19(27)26-14-6-4-5-7-20(28)29/h15-18,22-23H,4-14H2,1-3H3,(H,26,27)(H,28,29)/t15-,16-,17+,18+,22-,23-,24+,25?/m1/s1. The predicted octanol–water partition coefficient (Wildman–Crippen LogP) is 3.28. The van der Waals surface area contributed by atoms with Crippen LogP contribution in [0.1, 0.15) is 85.0 Å². The van der Waals surface area contributed by atoms with Crippen molar-refractivity contribution in [2.24, 2.45) is 23.7 Å². The average Bonchev–Trinajstić information content (AvgIpc) is 3.04. The summed E-state index contributed by atoms with van der Waals surface area (Å²) in [6, 6.07) is 0. The van der Waals surface area contributed by atoms with Crippen LogP contribution in [0, 0.1) is 23.7 Å². The van der Waals surface area contributed by atoms with Gasteiger partial charge in [-0.2, -0.15) is 0 Å². The van der Waals surface area contributed by atoms with E-state index in [-0.39, 0.29) is 42.9 Å². The van der Waals surface area contributed by atoms with Crippen LogP contribution in [0.5, 0.6) is 0 Å². The first-order valence-corrected chi connectivity index (χ1v) is 13.0. The van der Waals surface area contributed by atoms with Gasteiger partial charge < -0.3 is 24.6 Å². The molecule has 5 fully saturated rings. The van der Waals surface area contributed by atoms with Crippen LogP contribution in [-0.2, 0) is 38.4 Å². The molecule has 5 rings (SSSR count). The van der Waals surface area contributed by atoms with Gasteiger partial charge in [-0.05, 0) is 50.9 Å². The number of hydrogen-bond donors (Lipinski definition) is 2. The van der Waals surface area contributed by atoms with E-state index in [9.17, 15) is 14.4 Å². The van der Waals surface area contributed by atoms with E-state index in [1.54, 1.807) is 0 Å². The molecule has 2 bridgehead atoms. The maximum absolute atomic E-state index is 12.6. The van der Waals surface area contributed by atoms with Gasteiger partial charge in [0.1, 0.15) is 0 Å². The summed E-state index contributed by atoms with van der Waals surface area (Å²) in [5.41, 5.74) is -0.708. The molecule has 4 aliphatic heterocycles. The molecule has 198 valence electrons. The lowest BCUT2D eigenvalue weighted by Crippen LogP contribution is -2.70. The normalized spacial score (nSPS) is 39.9. The number of carbonyl (C=O) groups is 3. The molecule has 0 radical (unpaired) electrons. The highest BCUT2D eigenvalue weighted by atomic mass is 17.3. The number of esters is 1. The number of aliphatic carboxylic acids is 1. The van der Waals surface area contributed by atoms with Gasteiger partial charge in [0.25, 0.3) is 0 Å². The molecule has 1 amide bonds. The number of rotatable bonds is 10. The van der Waals surface area contributed by atoms with Gasteiger partial charge in [-0.15, -0.1) is 0 Å². The van der Waals surface area contributed by atoms with E-state index in [2.05, 4.69) is 12.2 Å². The maximum atomic E-state index is 12.6. The van der Waals surface area contributed by atoms with E-state index in [1.807, 2.05) is 13.8 Å². The van der Waals surface area contributed by atoms with Crippen molar-refractivity contribution < 1.29 is 43.5 Å². The lowest BCUT2D eigenvalue weighted by molar-refractivity contribution is -0.576. The molecular formula is C25H39NO9. The number of carboxylic acids is 1. The number of fused-ring (bicyclic) bond motifs is 2. The summed E-state index contributed by atoms with van der Waals surface area (Å²) in [5, 5.41) is 11.4. The number of nitrogens with one attached hydrogen (secondary N) is 1. The lowest BCUT2D eigenvalue weighted by Gasteiger charge is -2.59. The van der Waals surface area contributed by atoms with Crippen molar-refractivity contribution in [3.05, 3.63) is 0 Å². The van der Waals surface area contributed by atoms with E-state index in [4.69, 9.17) is 29.1 Å². The van der Waals surface area contributed by atoms with Crippen molar-refractivity contribution in [3.8, 4) is 0 Å². The minimum atomic E-state index is -0.890. The maximum Gasteiger partial charge on any atom is 0.308 e. The van der Waals surface area contributed by atoms with Gasteiger partial charge in [-0.1, -0.05) is 20.3 Å². The van der Waals surface area contributed by atoms with Crippen LogP contribution in [0.3, 0.4) is 0 Å². The van der Waals surface area contributed by atoms with Crippen molar-refractivity contribution in [2.75, 3.05) is 6.54 Å². The summed E-state index contributed by atoms with van der Waals surface area (Å²) in [5.74, 6) is -1.79. The Morgan fingerprint density at radius 1 is 1.00 bits per heavy atom. The SMILES string of the molecule is C[C@H]1[C@H](OC(=O)CCC(=O)NCCCCCC(=O)O)O[C@@H]2O[C@]3(C)CC[C@H]4[C@H](C)CC[C@@H]1C24OO3. The zero-order chi connectivity index (χ0) is 25.2. The summed E-state index contributed by atoms with van der Waals surface area (Å²) in [6.07, 6.45) is 4.28. The van der Waals surface area contributed by atoms with Gasteiger partial charge >= 0.3 is 11.9 Å². The molecule has 4 heterocycles. The third-order valence-electron chi connectivity index (χ3n) is 8.29. The third kappa shape index (κ3) is 5.50. The van der Waals surface area contributed by atoms with Crippen LogP contribution >= 0.6 is 0 Å². The molecule has 1 saturated carbocycles. The van der Waals surface area contributed by atoms with Crippen molar-refractivity contribution in [2.45, 2.75) is 109 Å². The second-order valence-electron chi connectivity index (χ2n) is 10.8. The van der Waals surface area contributed by atoms with E-state index in [0.717, 1.165) is 25.7 Å². The highest BCUT2D eigenvalue weighted by Crippen LogP contribution is 2.60. The number of unbranched alkanes of at least 4 members (excludes halogenated alkanes) is 2. The zero-order valence-corrected chi connectivity index (χ0v) is 21.0. The van der Waals surface area contributed by atoms with Gasteiger partial charge in [0.2, 0.25) is 18.0 Å². The molecule has 10 heteroatoms. The van der Waals surface area contributed by atoms with E-state index in [0.29, 0.717) is 31.7 Å². The van der Waals surface area contributed by atoms with E-state index >= 15 is 0 Å². The van der Waals surface area contributed by atoms with Crippen LogP contribution in [0.4, 0.5) is 0 Å². The summed E-state index contributed by atoms with van der Waals surface area (Å²) in [6.45, 7) is 6.57. The fourth-order valence-electron chi connectivity index (χ4n) is 6.30. The zero-order valence-electron chi connectivity index (χ0n) is 21.0. The fraction of sp³-hybridized carbons (Fsp3) is 0.880. The second kappa shape index (κ2) is 10.7. The summed E-state index contributed by atoms with van der Waals surface area (Å²) in [7, 11) is 0. The van der Waals surface area contributed by atoms with Crippen LogP contribution in [0.15, 0.2) is 0 Å². The molecule has 35 heavy (non-hydrogen) atoms. The molecule has 1 aliphatic carbocycles. The molecule has 8 atom stereocenters. The Hall–Kier alpha value is -1.75. The molecule has 2 N–H and O–H groups in total. The smallest absolute Gasteiger partial charge is 0.308 e. The first-order valence-electron chi connectivity index (χ1n) is 13.0. The van der Waals surface area contributed by atoms with Crippen molar-refractivity contribution >= 4 is 17.8 Å². The van der Waals surface area contributed by atoms with Crippen LogP contribution < -0.4 is 5.32 Å². The first kappa shape index (κ1) is 26.3. The molecule has 0 aromatic heterocycles. The first-order chi connectivity index (χ1) is 16.6. The lowest BCUT2D eigenvalue weighted by atomic mass is 9.58. The van der Waals surface area contributed by atoms with Gasteiger partial charge in [-0.3, -0.25) is 14.4 Å². The van der Waals surface area contributed by atoms with Crippen molar-refractivity contribution in [1.82, 2.24) is 5.32 Å². The van der Waals surface area contributed by atoms with Crippen LogP contribution in [-0.4, -0.2) is 53.5 Å². The summed E-state index contributed by atoms with van der Waals surface area (Å²) in [4.78, 5) is 47.0. The van der Waals surface area contributed by atoms with Gasteiger partial charge in [0.15, 0.2) is 11.9 Å². The van der Waals surface area contributed by atoms with Crippen molar-refractivity contribution in [1.29, 1.82) is 0 Å². The quantitative estimate of drug-likeness (QED) is 0.265. The average molecular weight is 498 g/mol. The molecule has 1 unspecified atom stereocenters. The minimum absolute atomic E-state index is 0.0248. The van der Waals surface area contributed by atoms with Gasteiger partial charge in [-0.25, -0.2) is 9.78 Å².